The summed E-state index contributed by atoms with van der Waals surface area (Å²) < 4.78 is 0. The summed E-state index contributed by atoms with van der Waals surface area (Å²) >= 11 is 1.44. The van der Waals surface area contributed by atoms with Gasteiger partial charge in [0.05, 0.1) is 16.1 Å². The third kappa shape index (κ3) is 5.44. The molecule has 29 heavy (non-hydrogen) atoms. The summed E-state index contributed by atoms with van der Waals surface area (Å²) in [5, 5.41) is 7.71. The van der Waals surface area contributed by atoms with Gasteiger partial charge in [-0.3, -0.25) is 14.4 Å². The van der Waals surface area contributed by atoms with Gasteiger partial charge in [0, 0.05) is 25.6 Å². The van der Waals surface area contributed by atoms with Gasteiger partial charge in [0.1, 0.15) is 0 Å². The van der Waals surface area contributed by atoms with Gasteiger partial charge in [0.25, 0.3) is 11.8 Å². The van der Waals surface area contributed by atoms with Gasteiger partial charge in [-0.05, 0) is 42.8 Å². The van der Waals surface area contributed by atoms with Gasteiger partial charge in [-0.25, -0.2) is 0 Å². The van der Waals surface area contributed by atoms with Gasteiger partial charge in [-0.1, -0.05) is 31.5 Å². The number of anilines is 1. The second-order valence-corrected chi connectivity index (χ2v) is 8.14. The molecule has 2 aromatic rings. The molecular weight excluding hydrogens is 386 g/mol. The molecule has 2 heterocycles. The number of thiophene rings is 1. The summed E-state index contributed by atoms with van der Waals surface area (Å²) in [5.41, 5.74) is 1.01. The number of benzene rings is 1. The van der Waals surface area contributed by atoms with Gasteiger partial charge in [-0.2, -0.15) is 0 Å². The van der Waals surface area contributed by atoms with Gasteiger partial charge in [-0.15, -0.1) is 11.3 Å². The summed E-state index contributed by atoms with van der Waals surface area (Å²) in [6, 6.07) is 10.8. The Hall–Kier alpha value is -2.67. The van der Waals surface area contributed by atoms with Crippen LogP contribution in [0.5, 0.6) is 0 Å². The summed E-state index contributed by atoms with van der Waals surface area (Å²) in [4.78, 5) is 40.2. The van der Waals surface area contributed by atoms with E-state index in [0.717, 1.165) is 17.7 Å². The number of nitrogens with one attached hydrogen (secondary N) is 2. The van der Waals surface area contributed by atoms with Gasteiger partial charge in [0.15, 0.2) is 0 Å². The summed E-state index contributed by atoms with van der Waals surface area (Å²) in [7, 11) is 0. The first-order valence-corrected chi connectivity index (χ1v) is 11.0. The number of para-hydroxylation sites is 1. The summed E-state index contributed by atoms with van der Waals surface area (Å²) in [6.45, 7) is 3.82. The Morgan fingerprint density at radius 1 is 1.10 bits per heavy atom. The maximum atomic E-state index is 12.8. The van der Waals surface area contributed by atoms with Crippen LogP contribution in [0.3, 0.4) is 0 Å². The van der Waals surface area contributed by atoms with Crippen molar-refractivity contribution in [3.05, 3.63) is 52.2 Å². The average Bonchev–Trinajstić information content (AvgIpc) is 3.29. The second-order valence-electron chi connectivity index (χ2n) is 7.19. The molecule has 1 aliphatic rings. The van der Waals surface area contributed by atoms with E-state index < -0.39 is 0 Å². The molecule has 1 aromatic carbocycles. The predicted molar refractivity (Wildman–Crippen MR) is 115 cm³/mol. The average molecular weight is 414 g/mol. The minimum absolute atomic E-state index is 0.0351. The molecule has 3 amide bonds. The van der Waals surface area contributed by atoms with E-state index in [1.54, 1.807) is 24.3 Å². The fourth-order valence-electron chi connectivity index (χ4n) is 3.40. The fraction of sp³-hybridized carbons (Fsp3) is 0.409. The van der Waals surface area contributed by atoms with Crippen LogP contribution in [0.15, 0.2) is 41.8 Å². The van der Waals surface area contributed by atoms with Gasteiger partial charge >= 0.3 is 0 Å². The second kappa shape index (κ2) is 10.2. The molecule has 1 aliphatic heterocycles. The highest BCUT2D eigenvalue weighted by atomic mass is 32.1. The highest BCUT2D eigenvalue weighted by molar-refractivity contribution is 7.12. The van der Waals surface area contributed by atoms with Crippen LogP contribution >= 0.6 is 11.3 Å². The maximum Gasteiger partial charge on any atom is 0.263 e. The molecule has 0 unspecified atom stereocenters. The van der Waals surface area contributed by atoms with Crippen LogP contribution in [0.4, 0.5) is 5.69 Å². The Labute approximate surface area is 175 Å². The highest BCUT2D eigenvalue weighted by Crippen LogP contribution is 2.23. The first-order valence-electron chi connectivity index (χ1n) is 10.1. The van der Waals surface area contributed by atoms with E-state index in [0.29, 0.717) is 43.7 Å². The van der Waals surface area contributed by atoms with E-state index in [4.69, 9.17) is 0 Å². The van der Waals surface area contributed by atoms with Crippen molar-refractivity contribution in [2.24, 2.45) is 5.92 Å². The number of piperidine rings is 1. The third-order valence-electron chi connectivity index (χ3n) is 5.13. The molecule has 1 aromatic heterocycles. The largest absolute Gasteiger partial charge is 0.352 e. The Morgan fingerprint density at radius 2 is 1.86 bits per heavy atom. The SMILES string of the molecule is CCCCNC(=O)c1ccccc1NC(=O)C1CCN(C(=O)c2cccs2)CC1. The molecule has 154 valence electrons. The number of rotatable bonds is 7. The van der Waals surface area contributed by atoms with Crippen molar-refractivity contribution in [1.29, 1.82) is 0 Å². The van der Waals surface area contributed by atoms with Crippen LogP contribution in [-0.4, -0.2) is 42.3 Å². The highest BCUT2D eigenvalue weighted by Gasteiger charge is 2.28. The van der Waals surface area contributed by atoms with Gasteiger partial charge < -0.3 is 15.5 Å². The fourth-order valence-corrected chi connectivity index (χ4v) is 4.09. The molecule has 3 rings (SSSR count). The quantitative estimate of drug-likeness (QED) is 0.678. The smallest absolute Gasteiger partial charge is 0.263 e. The van der Waals surface area contributed by atoms with Crippen molar-refractivity contribution >= 4 is 34.7 Å². The van der Waals surface area contributed by atoms with Crippen molar-refractivity contribution in [1.82, 2.24) is 10.2 Å². The Kier molecular flexibility index (Phi) is 7.41. The molecule has 0 radical (unpaired) electrons. The van der Waals surface area contributed by atoms with Crippen molar-refractivity contribution in [2.45, 2.75) is 32.6 Å². The summed E-state index contributed by atoms with van der Waals surface area (Å²) in [6.07, 6.45) is 3.16. The molecule has 0 saturated carbocycles. The van der Waals surface area contributed by atoms with E-state index in [-0.39, 0.29) is 23.6 Å². The van der Waals surface area contributed by atoms with Crippen molar-refractivity contribution in [3.63, 3.8) is 0 Å². The van der Waals surface area contributed by atoms with Crippen molar-refractivity contribution < 1.29 is 14.4 Å². The zero-order chi connectivity index (χ0) is 20.6. The molecule has 6 nitrogen and oxygen atoms in total. The van der Waals surface area contributed by atoms with Crippen LogP contribution < -0.4 is 10.6 Å². The normalized spacial score (nSPS) is 14.4. The predicted octanol–water partition coefficient (Wildman–Crippen LogP) is 3.77. The molecule has 7 heteroatoms. The van der Waals surface area contributed by atoms with Crippen LogP contribution in [0.1, 0.15) is 52.6 Å². The maximum absolute atomic E-state index is 12.8. The lowest BCUT2D eigenvalue weighted by Gasteiger charge is -2.31. The van der Waals surface area contributed by atoms with Gasteiger partial charge in [0.2, 0.25) is 5.91 Å². The lowest BCUT2D eigenvalue weighted by molar-refractivity contribution is -0.121. The van der Waals surface area contributed by atoms with E-state index in [1.165, 1.54) is 11.3 Å². The van der Waals surface area contributed by atoms with Crippen LogP contribution in [0.2, 0.25) is 0 Å². The van der Waals surface area contributed by atoms with Crippen molar-refractivity contribution in [3.8, 4) is 0 Å². The van der Waals surface area contributed by atoms with Crippen LogP contribution in [-0.2, 0) is 4.79 Å². The lowest BCUT2D eigenvalue weighted by Crippen LogP contribution is -2.41. The number of likely N-dealkylation sites (tertiary alicyclic amines) is 1. The molecule has 1 saturated heterocycles. The Balaban J connectivity index is 1.56. The van der Waals surface area contributed by atoms with Crippen LogP contribution in [0, 0.1) is 5.92 Å². The van der Waals surface area contributed by atoms with E-state index in [1.807, 2.05) is 22.4 Å². The van der Waals surface area contributed by atoms with E-state index in [2.05, 4.69) is 17.6 Å². The Morgan fingerprint density at radius 3 is 2.55 bits per heavy atom. The monoisotopic (exact) mass is 413 g/mol. The molecule has 1 fully saturated rings. The first-order chi connectivity index (χ1) is 14.1. The molecule has 0 bridgehead atoms. The third-order valence-corrected chi connectivity index (χ3v) is 5.99. The Bertz CT molecular complexity index is 843. The number of unbranched alkanes of at least 4 members (excludes halogenated alkanes) is 1. The zero-order valence-corrected chi connectivity index (χ0v) is 17.5. The number of hydrogen-bond donors (Lipinski definition) is 2. The molecule has 0 aliphatic carbocycles. The molecule has 2 N–H and O–H groups in total. The molecule has 0 atom stereocenters. The number of carbonyl (C=O) groups excluding carboxylic acids is 3. The lowest BCUT2D eigenvalue weighted by atomic mass is 9.95. The first kappa shape index (κ1) is 21.0. The number of amides is 3. The molecular formula is C22H27N3O3S. The summed E-state index contributed by atoms with van der Waals surface area (Å²) in [5.74, 6) is -0.403. The standard InChI is InChI=1S/C22H27N3O3S/c1-2-3-12-23-21(27)17-7-4-5-8-18(17)24-20(26)16-10-13-25(14-11-16)22(28)19-9-6-15-29-19/h4-9,15-16H,2-3,10-14H2,1H3,(H,23,27)(H,24,26). The number of carbonyl (C=O) groups is 3. The zero-order valence-electron chi connectivity index (χ0n) is 16.6. The minimum atomic E-state index is -0.175. The number of hydrogen-bond acceptors (Lipinski definition) is 4. The molecule has 0 spiro atoms. The van der Waals surface area contributed by atoms with E-state index >= 15 is 0 Å². The number of nitrogens with zero attached hydrogens (tertiary/aromatic N) is 1. The minimum Gasteiger partial charge on any atom is -0.352 e. The van der Waals surface area contributed by atoms with Crippen LogP contribution in [0.25, 0.3) is 0 Å². The topological polar surface area (TPSA) is 78.5 Å². The van der Waals surface area contributed by atoms with E-state index in [9.17, 15) is 14.4 Å². The van der Waals surface area contributed by atoms with Crippen molar-refractivity contribution in [2.75, 3.05) is 25.0 Å².